The highest BCUT2D eigenvalue weighted by Gasteiger charge is 2.22. The summed E-state index contributed by atoms with van der Waals surface area (Å²) in [6.45, 7) is 1.36. The first-order chi connectivity index (χ1) is 12.2. The van der Waals surface area contributed by atoms with Crippen molar-refractivity contribution < 1.29 is 22.3 Å². The standard InChI is InChI=1S/C18H21FN2O4S/c1-13(14-7-9-15(19)10-8-14)20-18(22)12-21(26(3,23)24)16-5-4-6-17(11-16)25-2/h4-11,13H,12H2,1-3H3,(H,20,22)/t13-/m0/s1. The maximum Gasteiger partial charge on any atom is 0.241 e. The molecule has 0 aromatic heterocycles. The number of hydrogen-bond acceptors (Lipinski definition) is 4. The molecule has 2 aromatic carbocycles. The average molecular weight is 380 g/mol. The van der Waals surface area contributed by atoms with Crippen LogP contribution in [0.4, 0.5) is 10.1 Å². The molecular formula is C18H21FN2O4S. The van der Waals surface area contributed by atoms with E-state index in [0.29, 0.717) is 17.0 Å². The molecule has 0 aliphatic heterocycles. The molecule has 0 saturated heterocycles. The molecule has 26 heavy (non-hydrogen) atoms. The van der Waals surface area contributed by atoms with E-state index in [1.807, 2.05) is 0 Å². The minimum Gasteiger partial charge on any atom is -0.497 e. The van der Waals surface area contributed by atoms with E-state index in [2.05, 4.69) is 5.32 Å². The fourth-order valence-corrected chi connectivity index (χ4v) is 3.27. The second kappa shape index (κ2) is 8.18. The molecule has 1 N–H and O–H groups in total. The monoisotopic (exact) mass is 380 g/mol. The number of amides is 1. The third kappa shape index (κ3) is 5.19. The van der Waals surface area contributed by atoms with Gasteiger partial charge in [0.15, 0.2) is 0 Å². The van der Waals surface area contributed by atoms with Crippen LogP contribution in [-0.2, 0) is 14.8 Å². The molecule has 0 bridgehead atoms. The Bertz CT molecular complexity index is 869. The zero-order chi connectivity index (χ0) is 19.3. The first kappa shape index (κ1) is 19.7. The summed E-state index contributed by atoms with van der Waals surface area (Å²) < 4.78 is 43.3. The van der Waals surface area contributed by atoms with Gasteiger partial charge in [-0.15, -0.1) is 0 Å². The predicted octanol–water partition coefficient (Wildman–Crippen LogP) is 2.48. The van der Waals surface area contributed by atoms with E-state index in [9.17, 15) is 17.6 Å². The van der Waals surface area contributed by atoms with Crippen LogP contribution in [0.5, 0.6) is 5.75 Å². The number of carbonyl (C=O) groups excluding carboxylic acids is 1. The van der Waals surface area contributed by atoms with Gasteiger partial charge in [-0.05, 0) is 36.8 Å². The lowest BCUT2D eigenvalue weighted by molar-refractivity contribution is -0.120. The Morgan fingerprint density at radius 3 is 2.46 bits per heavy atom. The molecule has 0 spiro atoms. The Morgan fingerprint density at radius 2 is 1.88 bits per heavy atom. The van der Waals surface area contributed by atoms with Crippen molar-refractivity contribution in [3.8, 4) is 5.75 Å². The first-order valence-electron chi connectivity index (χ1n) is 7.87. The second-order valence-corrected chi connectivity index (χ2v) is 7.72. The number of benzene rings is 2. The summed E-state index contributed by atoms with van der Waals surface area (Å²) in [4.78, 5) is 12.4. The van der Waals surface area contributed by atoms with Crippen LogP contribution in [0, 0.1) is 5.82 Å². The summed E-state index contributed by atoms with van der Waals surface area (Å²) >= 11 is 0. The number of ether oxygens (including phenoxy) is 1. The second-order valence-electron chi connectivity index (χ2n) is 5.81. The molecule has 140 valence electrons. The van der Waals surface area contributed by atoms with E-state index >= 15 is 0 Å². The third-order valence-electron chi connectivity index (χ3n) is 3.78. The van der Waals surface area contributed by atoms with Gasteiger partial charge in [-0.25, -0.2) is 12.8 Å². The lowest BCUT2D eigenvalue weighted by Crippen LogP contribution is -2.41. The fourth-order valence-electron chi connectivity index (χ4n) is 2.42. The summed E-state index contributed by atoms with van der Waals surface area (Å²) in [6.07, 6.45) is 1.03. The van der Waals surface area contributed by atoms with Crippen molar-refractivity contribution in [2.24, 2.45) is 0 Å². The Morgan fingerprint density at radius 1 is 1.23 bits per heavy atom. The molecule has 0 fully saturated rings. The zero-order valence-electron chi connectivity index (χ0n) is 14.8. The van der Waals surface area contributed by atoms with Crippen molar-refractivity contribution in [2.75, 3.05) is 24.2 Å². The summed E-state index contributed by atoms with van der Waals surface area (Å²) in [7, 11) is -2.20. The van der Waals surface area contributed by atoms with Crippen molar-refractivity contribution in [3.63, 3.8) is 0 Å². The Labute approximate surface area is 152 Å². The van der Waals surface area contributed by atoms with Crippen LogP contribution in [0.25, 0.3) is 0 Å². The highest BCUT2D eigenvalue weighted by atomic mass is 32.2. The van der Waals surface area contributed by atoms with E-state index < -0.39 is 22.0 Å². The van der Waals surface area contributed by atoms with Crippen LogP contribution in [0.15, 0.2) is 48.5 Å². The third-order valence-corrected chi connectivity index (χ3v) is 4.92. The topological polar surface area (TPSA) is 75.7 Å². The number of hydrogen-bond donors (Lipinski definition) is 1. The molecule has 0 saturated carbocycles. The Balaban J connectivity index is 2.15. The summed E-state index contributed by atoms with van der Waals surface area (Å²) in [6, 6.07) is 11.8. The summed E-state index contributed by atoms with van der Waals surface area (Å²) in [5.41, 5.74) is 1.04. The van der Waals surface area contributed by atoms with Crippen LogP contribution < -0.4 is 14.4 Å². The van der Waals surface area contributed by atoms with E-state index in [1.54, 1.807) is 37.3 Å². The highest BCUT2D eigenvalue weighted by molar-refractivity contribution is 7.92. The molecule has 0 radical (unpaired) electrons. The van der Waals surface area contributed by atoms with Crippen molar-refractivity contribution >= 4 is 21.6 Å². The number of nitrogens with zero attached hydrogens (tertiary/aromatic N) is 1. The van der Waals surface area contributed by atoms with Crippen molar-refractivity contribution in [1.82, 2.24) is 5.32 Å². The van der Waals surface area contributed by atoms with Crippen LogP contribution >= 0.6 is 0 Å². The smallest absolute Gasteiger partial charge is 0.241 e. The lowest BCUT2D eigenvalue weighted by atomic mass is 10.1. The molecule has 6 nitrogen and oxygen atoms in total. The van der Waals surface area contributed by atoms with E-state index in [-0.39, 0.29) is 12.4 Å². The molecule has 0 aliphatic rings. The van der Waals surface area contributed by atoms with Gasteiger partial charge >= 0.3 is 0 Å². The van der Waals surface area contributed by atoms with Gasteiger partial charge in [-0.2, -0.15) is 0 Å². The minimum atomic E-state index is -3.68. The summed E-state index contributed by atoms with van der Waals surface area (Å²) in [5, 5.41) is 2.72. The van der Waals surface area contributed by atoms with Crippen molar-refractivity contribution in [1.29, 1.82) is 0 Å². The van der Waals surface area contributed by atoms with Gasteiger partial charge < -0.3 is 10.1 Å². The average Bonchev–Trinajstić information content (AvgIpc) is 2.59. The predicted molar refractivity (Wildman–Crippen MR) is 98.1 cm³/mol. The fraction of sp³-hybridized carbons (Fsp3) is 0.278. The zero-order valence-corrected chi connectivity index (χ0v) is 15.6. The van der Waals surface area contributed by atoms with Gasteiger partial charge in [-0.3, -0.25) is 9.10 Å². The Hall–Kier alpha value is -2.61. The van der Waals surface area contributed by atoms with Gasteiger partial charge in [0.05, 0.1) is 25.1 Å². The number of rotatable bonds is 7. The van der Waals surface area contributed by atoms with Crippen LogP contribution in [0.1, 0.15) is 18.5 Å². The number of methoxy groups -OCH3 is 1. The Kier molecular flexibility index (Phi) is 6.20. The van der Waals surface area contributed by atoms with E-state index in [0.717, 1.165) is 10.6 Å². The molecule has 8 heteroatoms. The van der Waals surface area contributed by atoms with Crippen LogP contribution in [0.3, 0.4) is 0 Å². The molecule has 0 aliphatic carbocycles. The van der Waals surface area contributed by atoms with Crippen LogP contribution in [0.2, 0.25) is 0 Å². The number of carbonyl (C=O) groups is 1. The molecule has 1 atom stereocenters. The number of sulfonamides is 1. The van der Waals surface area contributed by atoms with E-state index in [1.165, 1.54) is 25.3 Å². The normalized spacial score (nSPS) is 12.3. The number of anilines is 1. The largest absolute Gasteiger partial charge is 0.497 e. The van der Waals surface area contributed by atoms with Gasteiger partial charge in [0, 0.05) is 6.07 Å². The SMILES string of the molecule is COc1cccc(N(CC(=O)N[C@@H](C)c2ccc(F)cc2)S(C)(=O)=O)c1. The molecule has 0 unspecified atom stereocenters. The van der Waals surface area contributed by atoms with Gasteiger partial charge in [0.1, 0.15) is 18.1 Å². The number of halogens is 1. The first-order valence-corrected chi connectivity index (χ1v) is 9.72. The molecule has 2 aromatic rings. The lowest BCUT2D eigenvalue weighted by Gasteiger charge is -2.23. The molecular weight excluding hydrogens is 359 g/mol. The number of nitrogens with one attached hydrogen (secondary N) is 1. The molecule has 0 heterocycles. The van der Waals surface area contributed by atoms with Crippen molar-refractivity contribution in [3.05, 3.63) is 59.9 Å². The van der Waals surface area contributed by atoms with Gasteiger partial charge in [-0.1, -0.05) is 18.2 Å². The maximum atomic E-state index is 13.0. The van der Waals surface area contributed by atoms with Gasteiger partial charge in [0.2, 0.25) is 15.9 Å². The van der Waals surface area contributed by atoms with Crippen LogP contribution in [-0.4, -0.2) is 34.2 Å². The van der Waals surface area contributed by atoms with Gasteiger partial charge in [0.25, 0.3) is 0 Å². The molecule has 1 amide bonds. The van der Waals surface area contributed by atoms with E-state index in [4.69, 9.17) is 4.74 Å². The molecule has 2 rings (SSSR count). The quantitative estimate of drug-likeness (QED) is 0.801. The van der Waals surface area contributed by atoms with Crippen molar-refractivity contribution in [2.45, 2.75) is 13.0 Å². The highest BCUT2D eigenvalue weighted by Crippen LogP contribution is 2.23. The minimum absolute atomic E-state index is 0.330. The maximum absolute atomic E-state index is 13.0. The summed E-state index contributed by atoms with van der Waals surface area (Å²) in [5.74, 6) is -0.361.